The van der Waals surface area contributed by atoms with Crippen molar-refractivity contribution in [2.45, 2.75) is 39.5 Å². The zero-order valence-electron chi connectivity index (χ0n) is 11.6. The van der Waals surface area contributed by atoms with Crippen LogP contribution in [0.25, 0.3) is 0 Å². The Morgan fingerprint density at radius 3 is 2.89 bits per heavy atom. The average Bonchev–Trinajstić information content (AvgIpc) is 2.67. The van der Waals surface area contributed by atoms with Gasteiger partial charge in [0.25, 0.3) is 0 Å². The number of nitrogens with one attached hydrogen (secondary N) is 1. The second-order valence-corrected chi connectivity index (χ2v) is 4.83. The first-order valence-electron chi connectivity index (χ1n) is 7.16. The Labute approximate surface area is 110 Å². The standard InChI is InChI=1S/C14H24N4/c1-3-6-12-11-14(17-13(4-2)16-12)18-9-5-7-15-8-10-18/h11,15H,3-10H2,1-2H3. The number of rotatable bonds is 4. The summed E-state index contributed by atoms with van der Waals surface area (Å²) in [6, 6.07) is 2.17. The minimum absolute atomic E-state index is 0.913. The maximum atomic E-state index is 4.69. The van der Waals surface area contributed by atoms with Crippen LogP contribution in [0.4, 0.5) is 5.82 Å². The van der Waals surface area contributed by atoms with Gasteiger partial charge in [0.05, 0.1) is 0 Å². The summed E-state index contributed by atoms with van der Waals surface area (Å²) in [6.45, 7) is 8.63. The quantitative estimate of drug-likeness (QED) is 0.882. The molecule has 1 fully saturated rings. The van der Waals surface area contributed by atoms with Gasteiger partial charge < -0.3 is 10.2 Å². The van der Waals surface area contributed by atoms with Crippen molar-refractivity contribution >= 4 is 5.82 Å². The summed E-state index contributed by atoms with van der Waals surface area (Å²) < 4.78 is 0. The highest BCUT2D eigenvalue weighted by atomic mass is 15.2. The SMILES string of the molecule is CCCc1cc(N2CCCNCC2)nc(CC)n1. The third kappa shape index (κ3) is 3.42. The van der Waals surface area contributed by atoms with Gasteiger partial charge in [-0.3, -0.25) is 0 Å². The molecule has 0 amide bonds. The van der Waals surface area contributed by atoms with Gasteiger partial charge in [0.15, 0.2) is 0 Å². The molecule has 1 aromatic heterocycles. The van der Waals surface area contributed by atoms with E-state index in [1.165, 1.54) is 12.1 Å². The van der Waals surface area contributed by atoms with Crippen LogP contribution in [0.1, 0.15) is 38.2 Å². The molecular formula is C14H24N4. The smallest absolute Gasteiger partial charge is 0.132 e. The third-order valence-corrected chi connectivity index (χ3v) is 3.30. The van der Waals surface area contributed by atoms with E-state index in [2.05, 4.69) is 40.1 Å². The van der Waals surface area contributed by atoms with E-state index in [1.807, 2.05) is 0 Å². The lowest BCUT2D eigenvalue weighted by Crippen LogP contribution is -2.29. The van der Waals surface area contributed by atoms with Crippen LogP contribution in [-0.4, -0.2) is 36.1 Å². The van der Waals surface area contributed by atoms with E-state index in [9.17, 15) is 0 Å². The predicted molar refractivity (Wildman–Crippen MR) is 75.1 cm³/mol. The van der Waals surface area contributed by atoms with Crippen LogP contribution in [0.3, 0.4) is 0 Å². The van der Waals surface area contributed by atoms with E-state index in [0.717, 1.165) is 57.1 Å². The van der Waals surface area contributed by atoms with E-state index in [1.54, 1.807) is 0 Å². The van der Waals surface area contributed by atoms with Crippen molar-refractivity contribution in [1.29, 1.82) is 0 Å². The number of hydrogen-bond acceptors (Lipinski definition) is 4. The Kier molecular flexibility index (Phi) is 4.93. The largest absolute Gasteiger partial charge is 0.355 e. The molecule has 1 N–H and O–H groups in total. The molecule has 0 spiro atoms. The van der Waals surface area contributed by atoms with Crippen LogP contribution in [0.2, 0.25) is 0 Å². The molecule has 0 bridgehead atoms. The maximum absolute atomic E-state index is 4.69. The Balaban J connectivity index is 2.21. The average molecular weight is 248 g/mol. The molecule has 1 aliphatic rings. The summed E-state index contributed by atoms with van der Waals surface area (Å²) in [7, 11) is 0. The van der Waals surface area contributed by atoms with Crippen LogP contribution < -0.4 is 10.2 Å². The van der Waals surface area contributed by atoms with Gasteiger partial charge in [-0.1, -0.05) is 20.3 Å². The summed E-state index contributed by atoms with van der Waals surface area (Å²) in [6.07, 6.45) is 4.29. The number of aromatic nitrogens is 2. The second-order valence-electron chi connectivity index (χ2n) is 4.83. The predicted octanol–water partition coefficient (Wildman–Crippen LogP) is 1.79. The van der Waals surface area contributed by atoms with Crippen molar-refractivity contribution in [1.82, 2.24) is 15.3 Å². The normalized spacial score (nSPS) is 16.7. The fourth-order valence-electron chi connectivity index (χ4n) is 2.32. The molecule has 1 saturated heterocycles. The third-order valence-electron chi connectivity index (χ3n) is 3.30. The Morgan fingerprint density at radius 1 is 1.22 bits per heavy atom. The molecule has 18 heavy (non-hydrogen) atoms. The number of anilines is 1. The summed E-state index contributed by atoms with van der Waals surface area (Å²) in [5.74, 6) is 2.10. The van der Waals surface area contributed by atoms with E-state index < -0.39 is 0 Å². The van der Waals surface area contributed by atoms with Gasteiger partial charge in [0.1, 0.15) is 11.6 Å². The van der Waals surface area contributed by atoms with Crippen LogP contribution >= 0.6 is 0 Å². The number of hydrogen-bond donors (Lipinski definition) is 1. The van der Waals surface area contributed by atoms with E-state index in [-0.39, 0.29) is 0 Å². The van der Waals surface area contributed by atoms with E-state index in [0.29, 0.717) is 0 Å². The number of nitrogens with zero attached hydrogens (tertiary/aromatic N) is 3. The summed E-state index contributed by atoms with van der Waals surface area (Å²) in [4.78, 5) is 11.7. The monoisotopic (exact) mass is 248 g/mol. The lowest BCUT2D eigenvalue weighted by molar-refractivity contribution is 0.724. The van der Waals surface area contributed by atoms with Gasteiger partial charge in [-0.2, -0.15) is 0 Å². The Hall–Kier alpha value is -1.16. The van der Waals surface area contributed by atoms with Gasteiger partial charge >= 0.3 is 0 Å². The second kappa shape index (κ2) is 6.69. The Bertz CT molecular complexity index is 370. The molecule has 0 saturated carbocycles. The molecule has 0 atom stereocenters. The molecule has 2 rings (SSSR count). The van der Waals surface area contributed by atoms with Gasteiger partial charge in [-0.05, 0) is 19.4 Å². The van der Waals surface area contributed by atoms with Crippen molar-refractivity contribution in [3.8, 4) is 0 Å². The van der Waals surface area contributed by atoms with E-state index in [4.69, 9.17) is 0 Å². The first-order chi connectivity index (χ1) is 8.83. The minimum atomic E-state index is 0.913. The van der Waals surface area contributed by atoms with Crippen LogP contribution in [0.15, 0.2) is 6.07 Å². The zero-order chi connectivity index (χ0) is 12.8. The molecule has 2 heterocycles. The summed E-state index contributed by atoms with van der Waals surface area (Å²) in [5, 5.41) is 3.43. The van der Waals surface area contributed by atoms with Crippen LogP contribution in [-0.2, 0) is 12.8 Å². The highest BCUT2D eigenvalue weighted by Gasteiger charge is 2.12. The van der Waals surface area contributed by atoms with Crippen molar-refractivity contribution < 1.29 is 0 Å². The molecular weight excluding hydrogens is 224 g/mol. The van der Waals surface area contributed by atoms with Crippen molar-refractivity contribution in [2.24, 2.45) is 0 Å². The molecule has 1 aliphatic heterocycles. The Morgan fingerprint density at radius 2 is 2.11 bits per heavy atom. The number of aryl methyl sites for hydroxylation is 2. The molecule has 0 unspecified atom stereocenters. The lowest BCUT2D eigenvalue weighted by atomic mass is 10.2. The van der Waals surface area contributed by atoms with Crippen molar-refractivity contribution in [3.05, 3.63) is 17.6 Å². The summed E-state index contributed by atoms with van der Waals surface area (Å²) in [5.41, 5.74) is 1.19. The molecule has 4 nitrogen and oxygen atoms in total. The molecule has 100 valence electrons. The highest BCUT2D eigenvalue weighted by Crippen LogP contribution is 2.15. The fourth-order valence-corrected chi connectivity index (χ4v) is 2.32. The van der Waals surface area contributed by atoms with Gasteiger partial charge in [-0.25, -0.2) is 9.97 Å². The molecule has 0 radical (unpaired) electrons. The first kappa shape index (κ1) is 13.3. The maximum Gasteiger partial charge on any atom is 0.132 e. The van der Waals surface area contributed by atoms with E-state index >= 15 is 0 Å². The van der Waals surface area contributed by atoms with Crippen molar-refractivity contribution in [3.63, 3.8) is 0 Å². The highest BCUT2D eigenvalue weighted by molar-refractivity contribution is 5.40. The molecule has 4 heteroatoms. The molecule has 0 aliphatic carbocycles. The summed E-state index contributed by atoms with van der Waals surface area (Å²) >= 11 is 0. The molecule has 0 aromatic carbocycles. The van der Waals surface area contributed by atoms with Crippen molar-refractivity contribution in [2.75, 3.05) is 31.1 Å². The van der Waals surface area contributed by atoms with Gasteiger partial charge in [-0.15, -0.1) is 0 Å². The lowest BCUT2D eigenvalue weighted by Gasteiger charge is -2.22. The fraction of sp³-hybridized carbons (Fsp3) is 0.714. The minimum Gasteiger partial charge on any atom is -0.355 e. The first-order valence-corrected chi connectivity index (χ1v) is 7.16. The molecule has 1 aromatic rings. The zero-order valence-corrected chi connectivity index (χ0v) is 11.6. The van der Waals surface area contributed by atoms with Gasteiger partial charge in [0, 0.05) is 37.8 Å². The van der Waals surface area contributed by atoms with Crippen LogP contribution in [0.5, 0.6) is 0 Å². The van der Waals surface area contributed by atoms with Crippen LogP contribution in [0, 0.1) is 0 Å². The van der Waals surface area contributed by atoms with Gasteiger partial charge in [0.2, 0.25) is 0 Å². The topological polar surface area (TPSA) is 41.0 Å².